The van der Waals surface area contributed by atoms with Gasteiger partial charge in [-0.2, -0.15) is 4.72 Å². The van der Waals surface area contributed by atoms with Crippen molar-refractivity contribution in [3.05, 3.63) is 29.8 Å². The van der Waals surface area contributed by atoms with Gasteiger partial charge < -0.3 is 9.84 Å². The average Bonchev–Trinajstić information content (AvgIpc) is 2.36. The SMILES string of the molecule is COC(=O)C[C@H](NS(=O)(=O)c1c(F)cccc1F)C(=O)O. The van der Waals surface area contributed by atoms with Crippen molar-refractivity contribution in [3.8, 4) is 0 Å². The molecule has 1 aromatic carbocycles. The fourth-order valence-electron chi connectivity index (χ4n) is 1.41. The van der Waals surface area contributed by atoms with Crippen molar-refractivity contribution in [3.63, 3.8) is 0 Å². The molecule has 0 bridgehead atoms. The van der Waals surface area contributed by atoms with Gasteiger partial charge in [0.2, 0.25) is 10.0 Å². The Morgan fingerprint density at radius 1 is 1.33 bits per heavy atom. The minimum atomic E-state index is -4.81. The van der Waals surface area contributed by atoms with Gasteiger partial charge in [0.25, 0.3) is 0 Å². The molecular formula is C11H11F2NO6S. The highest BCUT2D eigenvalue weighted by Gasteiger charge is 2.31. The second-order valence-corrected chi connectivity index (χ2v) is 5.49. The highest BCUT2D eigenvalue weighted by atomic mass is 32.2. The molecule has 0 heterocycles. The van der Waals surface area contributed by atoms with E-state index in [0.29, 0.717) is 12.1 Å². The predicted molar refractivity (Wildman–Crippen MR) is 64.7 cm³/mol. The van der Waals surface area contributed by atoms with Crippen LogP contribution < -0.4 is 4.72 Å². The zero-order valence-electron chi connectivity index (χ0n) is 10.7. The summed E-state index contributed by atoms with van der Waals surface area (Å²) >= 11 is 0. The fourth-order valence-corrected chi connectivity index (χ4v) is 2.74. The Labute approximate surface area is 118 Å². The number of hydrogen-bond donors (Lipinski definition) is 2. The molecule has 0 amide bonds. The summed E-state index contributed by atoms with van der Waals surface area (Å²) in [5, 5.41) is 8.84. The van der Waals surface area contributed by atoms with Gasteiger partial charge >= 0.3 is 11.9 Å². The Kier molecular flexibility index (Phi) is 5.33. The van der Waals surface area contributed by atoms with Crippen LogP contribution in [0.25, 0.3) is 0 Å². The molecule has 0 aliphatic heterocycles. The van der Waals surface area contributed by atoms with Crippen molar-refractivity contribution in [2.45, 2.75) is 17.4 Å². The number of nitrogens with one attached hydrogen (secondary N) is 1. The van der Waals surface area contributed by atoms with Crippen LogP contribution >= 0.6 is 0 Å². The Hall–Kier alpha value is -2.07. The standard InChI is InChI=1S/C11H11F2NO6S/c1-20-9(15)5-8(11(16)17)14-21(18,19)10-6(12)3-2-4-7(10)13/h2-4,8,14H,5H2,1H3,(H,16,17)/t8-/m0/s1. The molecule has 0 spiro atoms. The van der Waals surface area contributed by atoms with E-state index in [9.17, 15) is 26.8 Å². The van der Waals surface area contributed by atoms with E-state index in [1.54, 1.807) is 4.72 Å². The zero-order valence-corrected chi connectivity index (χ0v) is 11.5. The molecule has 0 aromatic heterocycles. The number of methoxy groups -OCH3 is 1. The number of carboxylic acid groups (broad SMARTS) is 1. The lowest BCUT2D eigenvalue weighted by molar-refractivity contribution is -0.147. The van der Waals surface area contributed by atoms with Gasteiger partial charge in [-0.3, -0.25) is 9.59 Å². The normalized spacial score (nSPS) is 12.7. The van der Waals surface area contributed by atoms with Crippen LogP contribution in [-0.2, 0) is 24.3 Å². The second-order valence-electron chi connectivity index (χ2n) is 3.84. The molecule has 0 aliphatic carbocycles. The van der Waals surface area contributed by atoms with Gasteiger partial charge in [-0.15, -0.1) is 0 Å². The topological polar surface area (TPSA) is 110 Å². The first-order valence-electron chi connectivity index (χ1n) is 5.45. The molecule has 2 N–H and O–H groups in total. The minimum absolute atomic E-state index is 0.702. The van der Waals surface area contributed by atoms with E-state index in [0.717, 1.165) is 13.2 Å². The smallest absolute Gasteiger partial charge is 0.322 e. The average molecular weight is 323 g/mol. The van der Waals surface area contributed by atoms with Gasteiger partial charge in [0.15, 0.2) is 4.90 Å². The van der Waals surface area contributed by atoms with E-state index < -0.39 is 51.0 Å². The van der Waals surface area contributed by atoms with Crippen LogP contribution in [0.1, 0.15) is 6.42 Å². The molecule has 0 aliphatic rings. The molecule has 0 fully saturated rings. The van der Waals surface area contributed by atoms with E-state index in [1.807, 2.05) is 0 Å². The molecule has 0 unspecified atom stereocenters. The Morgan fingerprint density at radius 3 is 2.29 bits per heavy atom. The maximum absolute atomic E-state index is 13.4. The maximum atomic E-state index is 13.4. The van der Waals surface area contributed by atoms with Crippen LogP contribution in [0.5, 0.6) is 0 Å². The van der Waals surface area contributed by atoms with Crippen LogP contribution in [0.15, 0.2) is 23.1 Å². The molecular weight excluding hydrogens is 312 g/mol. The van der Waals surface area contributed by atoms with Crippen LogP contribution in [0.2, 0.25) is 0 Å². The number of halogens is 2. The lowest BCUT2D eigenvalue weighted by Gasteiger charge is -2.14. The number of esters is 1. The first-order chi connectivity index (χ1) is 9.69. The van der Waals surface area contributed by atoms with Crippen LogP contribution in [-0.4, -0.2) is 38.6 Å². The summed E-state index contributed by atoms with van der Waals surface area (Å²) in [5.74, 6) is -5.46. The summed E-state index contributed by atoms with van der Waals surface area (Å²) in [6, 6.07) is 0.440. The van der Waals surface area contributed by atoms with Crippen molar-refractivity contribution in [2.75, 3.05) is 7.11 Å². The molecule has 1 atom stereocenters. The van der Waals surface area contributed by atoms with Crippen molar-refractivity contribution < 1.29 is 36.6 Å². The van der Waals surface area contributed by atoms with Gasteiger partial charge in [-0.1, -0.05) is 6.07 Å². The Balaban J connectivity index is 3.13. The largest absolute Gasteiger partial charge is 0.480 e. The van der Waals surface area contributed by atoms with E-state index in [2.05, 4.69) is 4.74 Å². The highest BCUT2D eigenvalue weighted by Crippen LogP contribution is 2.18. The monoisotopic (exact) mass is 323 g/mol. The highest BCUT2D eigenvalue weighted by molar-refractivity contribution is 7.89. The number of carboxylic acids is 1. The first-order valence-corrected chi connectivity index (χ1v) is 6.93. The number of rotatable bonds is 6. The van der Waals surface area contributed by atoms with Gasteiger partial charge in [-0.05, 0) is 12.1 Å². The number of ether oxygens (including phenoxy) is 1. The third kappa shape index (κ3) is 4.20. The number of sulfonamides is 1. The van der Waals surface area contributed by atoms with Crippen LogP contribution in [0.3, 0.4) is 0 Å². The summed E-state index contributed by atoms with van der Waals surface area (Å²) in [4.78, 5) is 20.6. The molecule has 7 nitrogen and oxygen atoms in total. The maximum Gasteiger partial charge on any atom is 0.322 e. The van der Waals surface area contributed by atoms with Gasteiger partial charge in [-0.25, -0.2) is 17.2 Å². The van der Waals surface area contributed by atoms with E-state index in [4.69, 9.17) is 5.11 Å². The molecule has 1 aromatic rings. The first kappa shape index (κ1) is 17.0. The lowest BCUT2D eigenvalue weighted by Crippen LogP contribution is -2.42. The molecule has 116 valence electrons. The molecule has 0 saturated heterocycles. The van der Waals surface area contributed by atoms with E-state index >= 15 is 0 Å². The van der Waals surface area contributed by atoms with Crippen molar-refractivity contribution >= 4 is 22.0 Å². The summed E-state index contributed by atoms with van der Waals surface area (Å²) in [6.07, 6.45) is -0.832. The molecule has 1 rings (SSSR count). The Morgan fingerprint density at radius 2 is 1.86 bits per heavy atom. The number of carbonyl (C=O) groups is 2. The molecule has 0 saturated carbocycles. The van der Waals surface area contributed by atoms with Gasteiger partial charge in [0.1, 0.15) is 17.7 Å². The number of hydrogen-bond acceptors (Lipinski definition) is 5. The number of carbonyl (C=O) groups excluding carboxylic acids is 1. The third-order valence-electron chi connectivity index (χ3n) is 2.38. The van der Waals surface area contributed by atoms with E-state index in [-0.39, 0.29) is 0 Å². The predicted octanol–water partition coefficient (Wildman–Crippen LogP) is 0.259. The fraction of sp³-hybridized carbons (Fsp3) is 0.273. The van der Waals surface area contributed by atoms with Gasteiger partial charge in [0.05, 0.1) is 13.5 Å². The second kappa shape index (κ2) is 6.59. The molecule has 21 heavy (non-hydrogen) atoms. The summed E-state index contributed by atoms with van der Waals surface area (Å²) in [5.41, 5.74) is 0. The quantitative estimate of drug-likeness (QED) is 0.727. The number of benzene rings is 1. The van der Waals surface area contributed by atoms with E-state index in [1.165, 1.54) is 0 Å². The molecule has 0 radical (unpaired) electrons. The molecule has 10 heteroatoms. The van der Waals surface area contributed by atoms with Crippen LogP contribution in [0.4, 0.5) is 8.78 Å². The summed E-state index contributed by atoms with van der Waals surface area (Å²) < 4.78 is 56.3. The van der Waals surface area contributed by atoms with Crippen molar-refractivity contribution in [1.82, 2.24) is 4.72 Å². The summed E-state index contributed by atoms with van der Waals surface area (Å²) in [6.45, 7) is 0. The number of aliphatic carboxylic acids is 1. The van der Waals surface area contributed by atoms with Gasteiger partial charge in [0, 0.05) is 0 Å². The van der Waals surface area contributed by atoms with Crippen molar-refractivity contribution in [1.29, 1.82) is 0 Å². The third-order valence-corrected chi connectivity index (χ3v) is 3.90. The zero-order chi connectivity index (χ0) is 16.2. The Bertz CT molecular complexity index is 640. The summed E-state index contributed by atoms with van der Waals surface area (Å²) in [7, 11) is -3.83. The van der Waals surface area contributed by atoms with Crippen LogP contribution in [0, 0.1) is 11.6 Å². The lowest BCUT2D eigenvalue weighted by atomic mass is 10.2. The van der Waals surface area contributed by atoms with Crippen molar-refractivity contribution in [2.24, 2.45) is 0 Å². The minimum Gasteiger partial charge on any atom is -0.480 e.